The van der Waals surface area contributed by atoms with E-state index in [9.17, 15) is 0 Å². The van der Waals surface area contributed by atoms with Gasteiger partial charge >= 0.3 is 0 Å². The molecule has 0 aliphatic carbocycles. The van der Waals surface area contributed by atoms with Crippen molar-refractivity contribution in [2.75, 3.05) is 6.54 Å². The summed E-state index contributed by atoms with van der Waals surface area (Å²) in [5.41, 5.74) is 1.99. The SMILES string of the molecule is c1ccc(-n2ncc(CCNC3CCCn4ccnc43)n2)cc1. The van der Waals surface area contributed by atoms with Crippen LogP contribution in [-0.4, -0.2) is 31.1 Å². The lowest BCUT2D eigenvalue weighted by Gasteiger charge is -2.24. The molecule has 2 aromatic heterocycles. The molecular formula is C17H20N6. The molecule has 1 atom stereocenters. The number of hydrogen-bond acceptors (Lipinski definition) is 4. The highest BCUT2D eigenvalue weighted by atomic mass is 15.5. The molecule has 1 unspecified atom stereocenters. The number of hydrogen-bond donors (Lipinski definition) is 1. The molecule has 0 fully saturated rings. The zero-order valence-corrected chi connectivity index (χ0v) is 13.0. The highest BCUT2D eigenvalue weighted by Gasteiger charge is 2.20. The highest BCUT2D eigenvalue weighted by Crippen LogP contribution is 2.22. The van der Waals surface area contributed by atoms with E-state index in [0.29, 0.717) is 6.04 Å². The maximum absolute atomic E-state index is 4.54. The van der Waals surface area contributed by atoms with Crippen molar-refractivity contribution >= 4 is 0 Å². The zero-order valence-electron chi connectivity index (χ0n) is 13.0. The first-order valence-corrected chi connectivity index (χ1v) is 8.11. The van der Waals surface area contributed by atoms with Gasteiger partial charge in [-0.15, -0.1) is 0 Å². The van der Waals surface area contributed by atoms with Gasteiger partial charge in [-0.25, -0.2) is 4.98 Å². The van der Waals surface area contributed by atoms with E-state index in [-0.39, 0.29) is 0 Å². The van der Waals surface area contributed by atoms with E-state index >= 15 is 0 Å². The molecule has 0 radical (unpaired) electrons. The van der Waals surface area contributed by atoms with E-state index in [2.05, 4.69) is 31.3 Å². The Labute approximate surface area is 135 Å². The van der Waals surface area contributed by atoms with Gasteiger partial charge in [-0.05, 0) is 25.0 Å². The summed E-state index contributed by atoms with van der Waals surface area (Å²) in [7, 11) is 0. The van der Waals surface area contributed by atoms with Gasteiger partial charge in [0, 0.05) is 31.9 Å². The lowest BCUT2D eigenvalue weighted by molar-refractivity contribution is 0.387. The predicted octanol–water partition coefficient (Wildman–Crippen LogP) is 2.13. The molecular weight excluding hydrogens is 288 g/mol. The summed E-state index contributed by atoms with van der Waals surface area (Å²) in [6.07, 6.45) is 9.01. The Bertz CT molecular complexity index is 760. The van der Waals surface area contributed by atoms with Crippen LogP contribution in [0, 0.1) is 0 Å². The summed E-state index contributed by atoms with van der Waals surface area (Å²) < 4.78 is 2.24. The minimum absolute atomic E-state index is 0.350. The molecule has 4 rings (SSSR count). The van der Waals surface area contributed by atoms with Gasteiger partial charge in [0.05, 0.1) is 23.6 Å². The van der Waals surface area contributed by atoms with Crippen LogP contribution in [0.2, 0.25) is 0 Å². The van der Waals surface area contributed by atoms with Gasteiger partial charge in [0.15, 0.2) is 0 Å². The predicted molar refractivity (Wildman–Crippen MR) is 87.3 cm³/mol. The third kappa shape index (κ3) is 3.03. The monoisotopic (exact) mass is 308 g/mol. The zero-order chi connectivity index (χ0) is 15.5. The van der Waals surface area contributed by atoms with Gasteiger partial charge in [0.25, 0.3) is 0 Å². The number of aryl methyl sites for hydroxylation is 1. The van der Waals surface area contributed by atoms with Crippen LogP contribution in [0.15, 0.2) is 48.9 Å². The van der Waals surface area contributed by atoms with Crippen LogP contribution in [0.25, 0.3) is 5.69 Å². The van der Waals surface area contributed by atoms with Gasteiger partial charge in [0.1, 0.15) is 5.82 Å². The molecule has 118 valence electrons. The van der Waals surface area contributed by atoms with E-state index in [1.807, 2.05) is 42.7 Å². The summed E-state index contributed by atoms with van der Waals surface area (Å²) in [4.78, 5) is 6.16. The first-order valence-electron chi connectivity index (χ1n) is 8.11. The molecule has 6 nitrogen and oxygen atoms in total. The Morgan fingerprint density at radius 3 is 3.04 bits per heavy atom. The lowest BCUT2D eigenvalue weighted by Crippen LogP contribution is -2.29. The van der Waals surface area contributed by atoms with Crippen molar-refractivity contribution in [2.45, 2.75) is 31.8 Å². The number of fused-ring (bicyclic) bond motifs is 1. The van der Waals surface area contributed by atoms with E-state index in [1.165, 1.54) is 6.42 Å². The van der Waals surface area contributed by atoms with E-state index < -0.39 is 0 Å². The van der Waals surface area contributed by atoms with Crippen molar-refractivity contribution in [3.8, 4) is 5.69 Å². The van der Waals surface area contributed by atoms with Crippen molar-refractivity contribution in [3.63, 3.8) is 0 Å². The van der Waals surface area contributed by atoms with E-state index in [0.717, 1.165) is 43.1 Å². The number of nitrogens with one attached hydrogen (secondary N) is 1. The second-order valence-electron chi connectivity index (χ2n) is 5.84. The maximum Gasteiger partial charge on any atom is 0.125 e. The van der Waals surface area contributed by atoms with E-state index in [4.69, 9.17) is 0 Å². The Balaban J connectivity index is 1.35. The summed E-state index contributed by atoms with van der Waals surface area (Å²) >= 11 is 0. The molecule has 0 spiro atoms. The van der Waals surface area contributed by atoms with Gasteiger partial charge in [-0.2, -0.15) is 15.0 Å². The number of imidazole rings is 1. The molecule has 1 aromatic carbocycles. The number of aromatic nitrogens is 5. The molecule has 1 aliphatic rings. The minimum Gasteiger partial charge on any atom is -0.334 e. The molecule has 3 heterocycles. The van der Waals surface area contributed by atoms with Crippen LogP contribution >= 0.6 is 0 Å². The Kier molecular flexibility index (Phi) is 3.90. The third-order valence-corrected chi connectivity index (χ3v) is 4.25. The molecule has 0 amide bonds. The second kappa shape index (κ2) is 6.34. The van der Waals surface area contributed by atoms with Crippen LogP contribution in [-0.2, 0) is 13.0 Å². The molecule has 3 aromatic rings. The molecule has 0 saturated heterocycles. The maximum atomic E-state index is 4.54. The van der Waals surface area contributed by atoms with Crippen molar-refractivity contribution in [2.24, 2.45) is 0 Å². The second-order valence-corrected chi connectivity index (χ2v) is 5.84. The Hall–Kier alpha value is -2.47. The van der Waals surface area contributed by atoms with Crippen molar-refractivity contribution < 1.29 is 0 Å². The first-order chi connectivity index (χ1) is 11.4. The van der Waals surface area contributed by atoms with Gasteiger partial charge in [-0.1, -0.05) is 18.2 Å². The van der Waals surface area contributed by atoms with Crippen LogP contribution in [0.5, 0.6) is 0 Å². The average Bonchev–Trinajstić information content (AvgIpc) is 3.25. The summed E-state index contributed by atoms with van der Waals surface area (Å²) in [6.45, 7) is 1.96. The fourth-order valence-corrected chi connectivity index (χ4v) is 3.08. The van der Waals surface area contributed by atoms with Crippen LogP contribution in [0.4, 0.5) is 0 Å². The highest BCUT2D eigenvalue weighted by molar-refractivity contribution is 5.28. The topological polar surface area (TPSA) is 60.6 Å². The molecule has 0 bridgehead atoms. The standard InChI is InChI=1S/C17H20N6/c1-2-5-15(6-3-1)23-20-13-14(21-23)8-9-18-16-7-4-11-22-12-10-19-17(16)22/h1-3,5-6,10,12-13,16,18H,4,7-9,11H2. The van der Waals surface area contributed by atoms with Gasteiger partial charge in [0.2, 0.25) is 0 Å². The Morgan fingerprint density at radius 2 is 2.13 bits per heavy atom. The molecule has 23 heavy (non-hydrogen) atoms. The fraction of sp³-hybridized carbons (Fsp3) is 0.353. The molecule has 0 saturated carbocycles. The minimum atomic E-state index is 0.350. The summed E-state index contributed by atoms with van der Waals surface area (Å²) in [5.74, 6) is 1.16. The number of para-hydroxylation sites is 1. The van der Waals surface area contributed by atoms with Gasteiger partial charge < -0.3 is 9.88 Å². The van der Waals surface area contributed by atoms with Crippen LogP contribution < -0.4 is 5.32 Å². The van der Waals surface area contributed by atoms with Crippen molar-refractivity contribution in [1.29, 1.82) is 0 Å². The number of rotatable bonds is 5. The van der Waals surface area contributed by atoms with Gasteiger partial charge in [-0.3, -0.25) is 0 Å². The van der Waals surface area contributed by atoms with E-state index in [1.54, 1.807) is 4.80 Å². The molecule has 1 aliphatic heterocycles. The van der Waals surface area contributed by atoms with Crippen molar-refractivity contribution in [1.82, 2.24) is 29.9 Å². The van der Waals surface area contributed by atoms with Crippen molar-refractivity contribution in [3.05, 3.63) is 60.4 Å². The first kappa shape index (κ1) is 14.1. The molecule has 1 N–H and O–H groups in total. The number of nitrogens with zero attached hydrogens (tertiary/aromatic N) is 5. The lowest BCUT2D eigenvalue weighted by atomic mass is 10.1. The summed E-state index contributed by atoms with van der Waals surface area (Å²) in [5, 5.41) is 12.5. The average molecular weight is 308 g/mol. The van der Waals surface area contributed by atoms with Crippen LogP contribution in [0.3, 0.4) is 0 Å². The third-order valence-electron chi connectivity index (χ3n) is 4.25. The molecule has 6 heteroatoms. The fourth-order valence-electron chi connectivity index (χ4n) is 3.08. The smallest absolute Gasteiger partial charge is 0.125 e. The largest absolute Gasteiger partial charge is 0.334 e. The normalized spacial score (nSPS) is 17.1. The quantitative estimate of drug-likeness (QED) is 0.784. The Morgan fingerprint density at radius 1 is 1.22 bits per heavy atom. The summed E-state index contributed by atoms with van der Waals surface area (Å²) in [6, 6.07) is 10.3. The van der Waals surface area contributed by atoms with Crippen LogP contribution in [0.1, 0.15) is 30.4 Å². The number of benzene rings is 1.